The van der Waals surface area contributed by atoms with Crippen molar-refractivity contribution in [3.8, 4) is 5.69 Å². The van der Waals surface area contributed by atoms with Crippen LogP contribution in [0, 0.1) is 0 Å². The van der Waals surface area contributed by atoms with Crippen LogP contribution in [0.1, 0.15) is 92.0 Å². The van der Waals surface area contributed by atoms with Crippen molar-refractivity contribution >= 4 is 63.1 Å². The Morgan fingerprint density at radius 3 is 2.37 bits per heavy atom. The Kier molecular flexibility index (Phi) is 6.80. The number of benzene rings is 3. The fourth-order valence-electron chi connectivity index (χ4n) is 9.81. The number of rotatable bonds is 4. The molecule has 0 N–H and O–H groups in total. The normalized spacial score (nSPS) is 20.0. The minimum atomic E-state index is 0.248. The molecule has 3 aromatic heterocycles. The minimum Gasteiger partial charge on any atom is -0.313 e. The average molecular weight is 677 g/mol. The highest BCUT2D eigenvalue weighted by atomic mass is 32.1. The van der Waals surface area contributed by atoms with Crippen LogP contribution in [0.2, 0.25) is 0 Å². The number of nitrogens with zero attached hydrogens (tertiary/aromatic N) is 2. The summed E-state index contributed by atoms with van der Waals surface area (Å²) in [4.78, 5) is 3.06. The van der Waals surface area contributed by atoms with Gasteiger partial charge in [-0.2, -0.15) is 0 Å². The van der Waals surface area contributed by atoms with E-state index in [2.05, 4.69) is 143 Å². The van der Waals surface area contributed by atoms with Gasteiger partial charge in [0, 0.05) is 60.7 Å². The van der Waals surface area contributed by atoms with E-state index < -0.39 is 0 Å². The highest BCUT2D eigenvalue weighted by Gasteiger charge is 2.30. The third-order valence-corrected chi connectivity index (χ3v) is 13.3. The highest BCUT2D eigenvalue weighted by molar-refractivity contribution is 7.13. The molecule has 0 radical (unpaired) electrons. The number of aryl methyl sites for hydroxylation is 2. The summed E-state index contributed by atoms with van der Waals surface area (Å²) in [5.41, 5.74) is 17.1. The summed E-state index contributed by atoms with van der Waals surface area (Å²) in [6, 6.07) is 25.4. The lowest BCUT2D eigenvalue weighted by Gasteiger charge is -2.26. The first kappa shape index (κ1) is 29.6. The quantitative estimate of drug-likeness (QED) is 0.176. The Morgan fingerprint density at radius 2 is 1.45 bits per heavy atom. The molecule has 0 saturated carbocycles. The van der Waals surface area contributed by atoms with Gasteiger partial charge in [-0.05, 0) is 128 Å². The molecule has 5 aliphatic carbocycles. The van der Waals surface area contributed by atoms with Gasteiger partial charge in [0.1, 0.15) is 0 Å². The van der Waals surface area contributed by atoms with Crippen LogP contribution in [0.25, 0.3) is 57.5 Å². The molecule has 248 valence electrons. The summed E-state index contributed by atoms with van der Waals surface area (Å²) >= 11 is 2.02. The molecule has 6 aromatic rings. The molecule has 3 aromatic carbocycles. The largest absolute Gasteiger partial charge is 0.313 e. The first-order chi connectivity index (χ1) is 25.3. The average Bonchev–Trinajstić information content (AvgIpc) is 3.85. The molecular formula is C48H40N2S. The lowest BCUT2D eigenvalue weighted by molar-refractivity contribution is 0.736. The molecule has 11 rings (SSSR count). The SMILES string of the molecule is C1=CC(c2ccc3c(c2)c2c(n3C3=Cc4c(sc5c4CCC=C5)CC3)C=CCC2)C(c2cccc3c2c2c(n3-c3ccccc3)CCC=C2)C=C1. The number of hydrogen-bond donors (Lipinski definition) is 0. The maximum atomic E-state index is 2.62. The van der Waals surface area contributed by atoms with E-state index in [1.54, 1.807) is 10.4 Å². The molecule has 2 nitrogen and oxygen atoms in total. The monoisotopic (exact) mass is 676 g/mol. The van der Waals surface area contributed by atoms with Crippen LogP contribution in [0.3, 0.4) is 0 Å². The molecule has 0 saturated heterocycles. The van der Waals surface area contributed by atoms with E-state index in [4.69, 9.17) is 0 Å². The first-order valence-corrected chi connectivity index (χ1v) is 19.7. The van der Waals surface area contributed by atoms with Crippen molar-refractivity contribution in [2.45, 2.75) is 63.2 Å². The van der Waals surface area contributed by atoms with Gasteiger partial charge in [-0.25, -0.2) is 0 Å². The second-order valence-electron chi connectivity index (χ2n) is 14.8. The number of fused-ring (bicyclic) bond motifs is 9. The molecule has 3 heteroatoms. The van der Waals surface area contributed by atoms with Crippen LogP contribution >= 0.6 is 11.3 Å². The van der Waals surface area contributed by atoms with Gasteiger partial charge in [0.05, 0.1) is 11.0 Å². The van der Waals surface area contributed by atoms with Crippen molar-refractivity contribution in [1.82, 2.24) is 9.13 Å². The molecule has 5 aliphatic rings. The van der Waals surface area contributed by atoms with E-state index in [0.29, 0.717) is 0 Å². The topological polar surface area (TPSA) is 9.86 Å². The van der Waals surface area contributed by atoms with Crippen molar-refractivity contribution in [2.24, 2.45) is 0 Å². The summed E-state index contributed by atoms with van der Waals surface area (Å²) in [5.74, 6) is 0.506. The lowest BCUT2D eigenvalue weighted by atomic mass is 9.77. The molecule has 51 heavy (non-hydrogen) atoms. The molecule has 0 aliphatic heterocycles. The van der Waals surface area contributed by atoms with Gasteiger partial charge in [-0.3, -0.25) is 0 Å². The zero-order chi connectivity index (χ0) is 33.5. The van der Waals surface area contributed by atoms with Gasteiger partial charge < -0.3 is 9.13 Å². The Morgan fingerprint density at radius 1 is 0.627 bits per heavy atom. The zero-order valence-electron chi connectivity index (χ0n) is 28.8. The lowest BCUT2D eigenvalue weighted by Crippen LogP contribution is -2.10. The predicted molar refractivity (Wildman–Crippen MR) is 218 cm³/mol. The number of allylic oxidation sites excluding steroid dienone is 8. The summed E-state index contributed by atoms with van der Waals surface area (Å²) in [7, 11) is 0. The molecule has 2 atom stereocenters. The van der Waals surface area contributed by atoms with Gasteiger partial charge >= 0.3 is 0 Å². The Labute approximate surface area is 303 Å². The van der Waals surface area contributed by atoms with Crippen molar-refractivity contribution in [1.29, 1.82) is 0 Å². The summed E-state index contributed by atoms with van der Waals surface area (Å²) in [6.07, 6.45) is 35.1. The minimum absolute atomic E-state index is 0.248. The van der Waals surface area contributed by atoms with Gasteiger partial charge in [-0.15, -0.1) is 11.3 Å². The summed E-state index contributed by atoms with van der Waals surface area (Å²) in [6.45, 7) is 0. The zero-order valence-corrected chi connectivity index (χ0v) is 29.6. The maximum Gasteiger partial charge on any atom is 0.0540 e. The van der Waals surface area contributed by atoms with Crippen LogP contribution in [0.4, 0.5) is 0 Å². The fourth-order valence-corrected chi connectivity index (χ4v) is 11.1. The third kappa shape index (κ3) is 4.54. The molecular weight excluding hydrogens is 637 g/mol. The molecule has 0 spiro atoms. The Balaban J connectivity index is 1.05. The Hall–Kier alpha value is -5.12. The molecule has 3 heterocycles. The van der Waals surface area contributed by atoms with E-state index in [-0.39, 0.29) is 11.8 Å². The predicted octanol–water partition coefficient (Wildman–Crippen LogP) is 12.5. The smallest absolute Gasteiger partial charge is 0.0540 e. The maximum absolute atomic E-state index is 2.62. The molecule has 0 amide bonds. The van der Waals surface area contributed by atoms with Crippen LogP contribution in [-0.2, 0) is 25.7 Å². The number of aromatic nitrogens is 2. The Bertz CT molecular complexity index is 2590. The summed E-state index contributed by atoms with van der Waals surface area (Å²) < 4.78 is 5.14. The second kappa shape index (κ2) is 11.7. The van der Waals surface area contributed by atoms with Crippen molar-refractivity contribution in [3.63, 3.8) is 0 Å². The van der Waals surface area contributed by atoms with Crippen LogP contribution in [0.5, 0.6) is 0 Å². The molecule has 2 unspecified atom stereocenters. The van der Waals surface area contributed by atoms with Gasteiger partial charge in [0.25, 0.3) is 0 Å². The highest BCUT2D eigenvalue weighted by Crippen LogP contribution is 2.47. The number of hydrogen-bond acceptors (Lipinski definition) is 1. The van der Waals surface area contributed by atoms with Crippen LogP contribution in [-0.4, -0.2) is 9.13 Å². The van der Waals surface area contributed by atoms with Crippen molar-refractivity contribution < 1.29 is 0 Å². The van der Waals surface area contributed by atoms with Gasteiger partial charge in [-0.1, -0.05) is 85.0 Å². The molecule has 0 bridgehead atoms. The second-order valence-corrected chi connectivity index (χ2v) is 15.9. The third-order valence-electron chi connectivity index (χ3n) is 12.1. The van der Waals surface area contributed by atoms with E-state index >= 15 is 0 Å². The fraction of sp³-hybridized carbons (Fsp3) is 0.208. The first-order valence-electron chi connectivity index (χ1n) is 18.9. The summed E-state index contributed by atoms with van der Waals surface area (Å²) in [5, 5.41) is 2.84. The van der Waals surface area contributed by atoms with E-state index in [9.17, 15) is 0 Å². The number of para-hydroxylation sites is 1. The van der Waals surface area contributed by atoms with Crippen LogP contribution in [0.15, 0.2) is 109 Å². The number of thiophene rings is 1. The van der Waals surface area contributed by atoms with Crippen molar-refractivity contribution in [3.05, 3.63) is 164 Å². The van der Waals surface area contributed by atoms with Crippen LogP contribution < -0.4 is 0 Å². The van der Waals surface area contributed by atoms with Crippen molar-refractivity contribution in [2.75, 3.05) is 0 Å². The van der Waals surface area contributed by atoms with E-state index in [1.165, 1.54) is 83.7 Å². The van der Waals surface area contributed by atoms with Gasteiger partial charge in [0.2, 0.25) is 0 Å². The van der Waals surface area contributed by atoms with E-state index in [1.807, 2.05) is 11.3 Å². The van der Waals surface area contributed by atoms with Gasteiger partial charge in [0.15, 0.2) is 0 Å². The molecule has 0 fully saturated rings. The van der Waals surface area contributed by atoms with E-state index in [0.717, 1.165) is 44.9 Å². The standard InChI is InChI=1S/C48H40N2S/c1-2-13-32(14-3-1)49-43-22-10-7-19-39(43)48-38(20-12-23-45(48)49)35-16-5-4-15-34(35)31-25-27-44-40(29-31)36-17-6-9-21-42(36)50(44)33-26-28-47-41(30-33)37-18-8-11-24-46(37)51-47/h1-5,7,9,11-16,19-21,23-25,27,29-30,34-35H,6,8,10,17-18,22,26,28H2.